The molecule has 2 rings (SSSR count). The lowest BCUT2D eigenvalue weighted by Gasteiger charge is -2.09. The Morgan fingerprint density at radius 3 is 1.97 bits per heavy atom. The van der Waals surface area contributed by atoms with Gasteiger partial charge in [0.05, 0.1) is 18.1 Å². The highest BCUT2D eigenvalue weighted by Crippen LogP contribution is 2.14. The quantitative estimate of drug-likeness (QED) is 0.567. The van der Waals surface area contributed by atoms with Gasteiger partial charge in [0.25, 0.3) is 5.91 Å². The van der Waals surface area contributed by atoms with E-state index in [1.807, 2.05) is 0 Å². The third-order valence-corrected chi connectivity index (χ3v) is 4.05. The standard InChI is InChI=1S/C22H23ClN2O6/c1-14(2)31-22(29)15-3-7-17(8-4-15)24-19(26)11-12-21(28)30-13-20(27)25-18-9-5-16(23)6-10-18/h3-10,14H,11-13H2,1-2H3,(H,24,26)(H,25,27). The smallest absolute Gasteiger partial charge is 0.338 e. The Morgan fingerprint density at radius 1 is 0.839 bits per heavy atom. The van der Waals surface area contributed by atoms with Crippen LogP contribution in [0.25, 0.3) is 0 Å². The summed E-state index contributed by atoms with van der Waals surface area (Å²) in [6.07, 6.45) is -0.525. The number of nitrogens with one attached hydrogen (secondary N) is 2. The van der Waals surface area contributed by atoms with Crippen molar-refractivity contribution in [2.75, 3.05) is 17.2 Å². The Kier molecular flexibility index (Phi) is 9.02. The zero-order chi connectivity index (χ0) is 22.8. The number of hydrogen-bond donors (Lipinski definition) is 2. The van der Waals surface area contributed by atoms with Crippen molar-refractivity contribution in [3.63, 3.8) is 0 Å². The largest absolute Gasteiger partial charge is 0.459 e. The molecule has 31 heavy (non-hydrogen) atoms. The normalized spacial score (nSPS) is 10.3. The van der Waals surface area contributed by atoms with Gasteiger partial charge in [0, 0.05) is 22.8 Å². The lowest BCUT2D eigenvalue weighted by atomic mass is 10.2. The number of rotatable bonds is 9. The van der Waals surface area contributed by atoms with E-state index >= 15 is 0 Å². The van der Waals surface area contributed by atoms with E-state index in [1.54, 1.807) is 50.2 Å². The summed E-state index contributed by atoms with van der Waals surface area (Å²) in [5, 5.41) is 5.71. The van der Waals surface area contributed by atoms with Gasteiger partial charge in [-0.1, -0.05) is 11.6 Å². The van der Waals surface area contributed by atoms with Crippen LogP contribution in [0.1, 0.15) is 37.0 Å². The van der Waals surface area contributed by atoms with Crippen LogP contribution in [0.2, 0.25) is 5.02 Å². The molecule has 0 radical (unpaired) electrons. The van der Waals surface area contributed by atoms with E-state index in [2.05, 4.69) is 10.6 Å². The molecule has 164 valence electrons. The summed E-state index contributed by atoms with van der Waals surface area (Å²) in [4.78, 5) is 47.3. The average Bonchev–Trinajstić information content (AvgIpc) is 2.72. The molecule has 0 aliphatic rings. The van der Waals surface area contributed by atoms with E-state index in [-0.39, 0.29) is 18.9 Å². The second-order valence-electron chi connectivity index (χ2n) is 6.80. The molecule has 0 saturated carbocycles. The summed E-state index contributed by atoms with van der Waals surface area (Å²) in [7, 11) is 0. The van der Waals surface area contributed by atoms with Crippen LogP contribution in [-0.2, 0) is 23.9 Å². The molecule has 0 aliphatic carbocycles. The van der Waals surface area contributed by atoms with Crippen LogP contribution in [-0.4, -0.2) is 36.5 Å². The molecule has 0 saturated heterocycles. The second kappa shape index (κ2) is 11.7. The number of hydrogen-bond acceptors (Lipinski definition) is 6. The summed E-state index contributed by atoms with van der Waals surface area (Å²) in [6.45, 7) is 3.05. The van der Waals surface area contributed by atoms with Gasteiger partial charge in [0.2, 0.25) is 5.91 Å². The SMILES string of the molecule is CC(C)OC(=O)c1ccc(NC(=O)CCC(=O)OCC(=O)Nc2ccc(Cl)cc2)cc1. The minimum Gasteiger partial charge on any atom is -0.459 e. The highest BCUT2D eigenvalue weighted by atomic mass is 35.5. The minimum atomic E-state index is -0.673. The van der Waals surface area contributed by atoms with E-state index < -0.39 is 30.4 Å². The van der Waals surface area contributed by atoms with Gasteiger partial charge in [0.1, 0.15) is 0 Å². The van der Waals surface area contributed by atoms with Crippen molar-refractivity contribution in [3.8, 4) is 0 Å². The van der Waals surface area contributed by atoms with E-state index in [0.29, 0.717) is 22.0 Å². The molecule has 2 N–H and O–H groups in total. The first-order chi connectivity index (χ1) is 14.7. The van der Waals surface area contributed by atoms with Crippen LogP contribution in [0.3, 0.4) is 0 Å². The van der Waals surface area contributed by atoms with E-state index in [1.165, 1.54) is 12.1 Å². The van der Waals surface area contributed by atoms with Gasteiger partial charge in [0.15, 0.2) is 6.61 Å². The van der Waals surface area contributed by atoms with Crippen molar-refractivity contribution in [2.24, 2.45) is 0 Å². The Bertz CT molecular complexity index is 926. The number of ether oxygens (including phenoxy) is 2. The van der Waals surface area contributed by atoms with Crippen molar-refractivity contribution in [1.82, 2.24) is 0 Å². The predicted molar refractivity (Wildman–Crippen MR) is 116 cm³/mol. The molecule has 9 heteroatoms. The summed E-state index contributed by atoms with van der Waals surface area (Å²) < 4.78 is 9.95. The number of halogens is 1. The van der Waals surface area contributed by atoms with Crippen molar-refractivity contribution in [2.45, 2.75) is 32.8 Å². The van der Waals surface area contributed by atoms with E-state index in [4.69, 9.17) is 21.1 Å². The van der Waals surface area contributed by atoms with Gasteiger partial charge in [-0.15, -0.1) is 0 Å². The molecule has 2 aromatic carbocycles. The van der Waals surface area contributed by atoms with Gasteiger partial charge in [-0.3, -0.25) is 14.4 Å². The lowest BCUT2D eigenvalue weighted by Crippen LogP contribution is -2.21. The Balaban J connectivity index is 1.69. The van der Waals surface area contributed by atoms with Gasteiger partial charge in [-0.2, -0.15) is 0 Å². The fourth-order valence-electron chi connectivity index (χ4n) is 2.36. The fraction of sp³-hybridized carbons (Fsp3) is 0.273. The Hall–Kier alpha value is -3.39. The van der Waals surface area contributed by atoms with Gasteiger partial charge >= 0.3 is 11.9 Å². The van der Waals surface area contributed by atoms with Gasteiger partial charge < -0.3 is 20.1 Å². The molecule has 8 nitrogen and oxygen atoms in total. The zero-order valence-corrected chi connectivity index (χ0v) is 17.9. The van der Waals surface area contributed by atoms with Gasteiger partial charge in [-0.05, 0) is 62.4 Å². The molecular weight excluding hydrogens is 424 g/mol. The van der Waals surface area contributed by atoms with Crippen LogP contribution in [0, 0.1) is 0 Å². The first-order valence-electron chi connectivity index (χ1n) is 9.55. The van der Waals surface area contributed by atoms with E-state index in [0.717, 1.165) is 0 Å². The molecule has 2 aromatic rings. The third-order valence-electron chi connectivity index (χ3n) is 3.80. The van der Waals surface area contributed by atoms with Crippen molar-refractivity contribution in [1.29, 1.82) is 0 Å². The maximum Gasteiger partial charge on any atom is 0.338 e. The molecule has 0 aromatic heterocycles. The van der Waals surface area contributed by atoms with Gasteiger partial charge in [-0.25, -0.2) is 4.79 Å². The minimum absolute atomic E-state index is 0.116. The topological polar surface area (TPSA) is 111 Å². The fourth-order valence-corrected chi connectivity index (χ4v) is 2.49. The number of esters is 2. The molecule has 0 spiro atoms. The number of carbonyl (C=O) groups is 4. The Labute approximate surface area is 184 Å². The van der Waals surface area contributed by atoms with E-state index in [9.17, 15) is 19.2 Å². The maximum absolute atomic E-state index is 12.0. The number of anilines is 2. The highest BCUT2D eigenvalue weighted by Gasteiger charge is 2.12. The zero-order valence-electron chi connectivity index (χ0n) is 17.1. The second-order valence-corrected chi connectivity index (χ2v) is 7.23. The van der Waals surface area contributed by atoms with Crippen LogP contribution in [0.5, 0.6) is 0 Å². The summed E-state index contributed by atoms with van der Waals surface area (Å²) in [5.41, 5.74) is 1.36. The summed E-state index contributed by atoms with van der Waals surface area (Å²) in [6, 6.07) is 12.7. The first-order valence-corrected chi connectivity index (χ1v) is 9.92. The molecule has 0 aliphatic heterocycles. The number of benzene rings is 2. The van der Waals surface area contributed by atoms with Crippen molar-refractivity contribution in [3.05, 3.63) is 59.1 Å². The monoisotopic (exact) mass is 446 g/mol. The molecule has 0 fully saturated rings. The molecule has 2 amide bonds. The number of amides is 2. The van der Waals surface area contributed by atoms with Crippen LogP contribution in [0.15, 0.2) is 48.5 Å². The molecule has 0 atom stereocenters. The molecular formula is C22H23ClN2O6. The third kappa shape index (κ3) is 8.88. The van der Waals surface area contributed by atoms with Crippen LogP contribution in [0.4, 0.5) is 11.4 Å². The first kappa shape index (κ1) is 23.9. The van der Waals surface area contributed by atoms with Crippen LogP contribution < -0.4 is 10.6 Å². The molecule has 0 bridgehead atoms. The summed E-state index contributed by atoms with van der Waals surface area (Å²) >= 11 is 5.76. The highest BCUT2D eigenvalue weighted by molar-refractivity contribution is 6.30. The Morgan fingerprint density at radius 2 is 1.39 bits per heavy atom. The molecule has 0 heterocycles. The maximum atomic E-state index is 12.0. The van der Waals surface area contributed by atoms with Crippen molar-refractivity contribution >= 4 is 46.7 Å². The summed E-state index contributed by atoms with van der Waals surface area (Å²) in [5.74, 6) is -2.03. The predicted octanol–water partition coefficient (Wildman–Crippen LogP) is 3.81. The average molecular weight is 447 g/mol. The lowest BCUT2D eigenvalue weighted by molar-refractivity contribution is -0.147. The number of carbonyl (C=O) groups excluding carboxylic acids is 4. The van der Waals surface area contributed by atoms with Crippen molar-refractivity contribution < 1.29 is 28.7 Å². The molecule has 0 unspecified atom stereocenters. The van der Waals surface area contributed by atoms with Crippen LogP contribution >= 0.6 is 11.6 Å².